The van der Waals surface area contributed by atoms with Gasteiger partial charge in [0.1, 0.15) is 11.8 Å². The summed E-state index contributed by atoms with van der Waals surface area (Å²) in [5, 5.41) is 6.32. The third-order valence-corrected chi connectivity index (χ3v) is 2.34. The second-order valence-corrected chi connectivity index (χ2v) is 3.79. The summed E-state index contributed by atoms with van der Waals surface area (Å²) >= 11 is 0. The van der Waals surface area contributed by atoms with Gasteiger partial charge in [-0.3, -0.25) is 9.48 Å². The van der Waals surface area contributed by atoms with Crippen molar-refractivity contribution in [3.8, 4) is 5.88 Å². The SMILES string of the molecule is C.Cn1cc(NC=O)c(OC2CC(F)(F)C2)n1. The Labute approximate surface area is 97.7 Å². The predicted molar refractivity (Wildman–Crippen MR) is 58.2 cm³/mol. The number of aryl methyl sites for hydroxylation is 1. The van der Waals surface area contributed by atoms with Crippen LogP contribution in [0, 0.1) is 0 Å². The number of anilines is 1. The lowest BCUT2D eigenvalue weighted by molar-refractivity contribution is -0.135. The first-order valence-corrected chi connectivity index (χ1v) is 4.78. The first-order chi connectivity index (χ1) is 7.50. The van der Waals surface area contributed by atoms with Crippen molar-refractivity contribution >= 4 is 12.1 Å². The van der Waals surface area contributed by atoms with Crippen LogP contribution >= 0.6 is 0 Å². The molecule has 5 nitrogen and oxygen atoms in total. The molecule has 1 heterocycles. The van der Waals surface area contributed by atoms with Crippen molar-refractivity contribution in [2.75, 3.05) is 5.32 Å². The summed E-state index contributed by atoms with van der Waals surface area (Å²) < 4.78 is 31.8. The second-order valence-electron chi connectivity index (χ2n) is 3.79. The zero-order chi connectivity index (χ0) is 11.8. The lowest BCUT2D eigenvalue weighted by atomic mass is 9.91. The highest BCUT2D eigenvalue weighted by Crippen LogP contribution is 2.40. The number of halogens is 2. The van der Waals surface area contributed by atoms with Crippen molar-refractivity contribution in [1.29, 1.82) is 0 Å². The number of hydrogen-bond acceptors (Lipinski definition) is 3. The molecule has 0 bridgehead atoms. The van der Waals surface area contributed by atoms with E-state index in [-0.39, 0.29) is 26.1 Å². The monoisotopic (exact) mass is 247 g/mol. The fraction of sp³-hybridized carbons (Fsp3) is 0.600. The highest BCUT2D eigenvalue weighted by Gasteiger charge is 2.47. The summed E-state index contributed by atoms with van der Waals surface area (Å²) in [5.74, 6) is -2.45. The van der Waals surface area contributed by atoms with Gasteiger partial charge in [0.25, 0.3) is 11.8 Å². The van der Waals surface area contributed by atoms with Crippen LogP contribution in [0.15, 0.2) is 6.20 Å². The summed E-state index contributed by atoms with van der Waals surface area (Å²) in [4.78, 5) is 10.3. The molecule has 0 saturated heterocycles. The van der Waals surface area contributed by atoms with Crippen LogP contribution in [0.25, 0.3) is 0 Å². The molecule has 0 aliphatic heterocycles. The topological polar surface area (TPSA) is 56.2 Å². The molecule has 0 unspecified atom stereocenters. The Morgan fingerprint density at radius 2 is 2.29 bits per heavy atom. The molecule has 1 fully saturated rings. The zero-order valence-electron chi connectivity index (χ0n) is 8.61. The van der Waals surface area contributed by atoms with E-state index in [1.165, 1.54) is 4.68 Å². The van der Waals surface area contributed by atoms with E-state index in [2.05, 4.69) is 10.4 Å². The average Bonchev–Trinajstić information content (AvgIpc) is 2.44. The summed E-state index contributed by atoms with van der Waals surface area (Å²) in [6, 6.07) is 0. The van der Waals surface area contributed by atoms with E-state index >= 15 is 0 Å². The van der Waals surface area contributed by atoms with Crippen LogP contribution in [0.3, 0.4) is 0 Å². The van der Waals surface area contributed by atoms with Gasteiger partial charge in [-0.25, -0.2) is 8.78 Å². The van der Waals surface area contributed by atoms with Crippen molar-refractivity contribution in [3.05, 3.63) is 6.20 Å². The van der Waals surface area contributed by atoms with E-state index in [9.17, 15) is 13.6 Å². The molecule has 0 radical (unpaired) electrons. The van der Waals surface area contributed by atoms with E-state index in [1.807, 2.05) is 0 Å². The molecule has 2 rings (SSSR count). The number of nitrogens with zero attached hydrogens (tertiary/aromatic N) is 2. The maximum Gasteiger partial charge on any atom is 0.257 e. The Hall–Kier alpha value is -1.66. The van der Waals surface area contributed by atoms with Gasteiger partial charge in [0.05, 0.1) is 6.20 Å². The zero-order valence-corrected chi connectivity index (χ0v) is 8.61. The number of ether oxygens (including phenoxy) is 1. The van der Waals surface area contributed by atoms with Gasteiger partial charge in [0.15, 0.2) is 0 Å². The van der Waals surface area contributed by atoms with Gasteiger partial charge >= 0.3 is 0 Å². The Balaban J connectivity index is 0.00000144. The number of alkyl halides is 2. The normalized spacial score (nSPS) is 17.8. The molecule has 1 aromatic heterocycles. The van der Waals surface area contributed by atoms with Crippen molar-refractivity contribution in [1.82, 2.24) is 9.78 Å². The third-order valence-electron chi connectivity index (χ3n) is 2.34. The van der Waals surface area contributed by atoms with Gasteiger partial charge in [-0.1, -0.05) is 7.43 Å². The largest absolute Gasteiger partial charge is 0.471 e. The Kier molecular flexibility index (Phi) is 3.69. The molecule has 1 saturated carbocycles. The van der Waals surface area contributed by atoms with E-state index in [4.69, 9.17) is 4.74 Å². The van der Waals surface area contributed by atoms with Crippen LogP contribution in [0.5, 0.6) is 5.88 Å². The summed E-state index contributed by atoms with van der Waals surface area (Å²) in [6.45, 7) is 0. The van der Waals surface area contributed by atoms with E-state index in [0.29, 0.717) is 12.1 Å². The van der Waals surface area contributed by atoms with Gasteiger partial charge < -0.3 is 10.1 Å². The van der Waals surface area contributed by atoms with Crippen LogP contribution in [0.1, 0.15) is 20.3 Å². The maximum absolute atomic E-state index is 12.6. The van der Waals surface area contributed by atoms with Crippen LogP contribution in [0.4, 0.5) is 14.5 Å². The Morgan fingerprint density at radius 3 is 2.82 bits per heavy atom. The molecular weight excluding hydrogens is 232 g/mol. The number of carbonyl (C=O) groups is 1. The lowest BCUT2D eigenvalue weighted by Crippen LogP contribution is -2.43. The maximum atomic E-state index is 12.6. The highest BCUT2D eigenvalue weighted by atomic mass is 19.3. The minimum atomic E-state index is -2.63. The number of aromatic nitrogens is 2. The quantitative estimate of drug-likeness (QED) is 0.825. The number of hydrogen-bond donors (Lipinski definition) is 1. The number of nitrogens with one attached hydrogen (secondary N) is 1. The fourth-order valence-corrected chi connectivity index (χ4v) is 1.57. The number of amides is 1. The molecule has 17 heavy (non-hydrogen) atoms. The van der Waals surface area contributed by atoms with Gasteiger partial charge in [0, 0.05) is 19.9 Å². The average molecular weight is 247 g/mol. The molecule has 1 aliphatic rings. The van der Waals surface area contributed by atoms with Crippen molar-refractivity contribution < 1.29 is 18.3 Å². The van der Waals surface area contributed by atoms with Crippen LogP contribution in [-0.2, 0) is 11.8 Å². The summed E-state index contributed by atoms with van der Waals surface area (Å²) in [5.41, 5.74) is 0.382. The fourth-order valence-electron chi connectivity index (χ4n) is 1.57. The molecule has 7 heteroatoms. The first-order valence-electron chi connectivity index (χ1n) is 4.78. The minimum Gasteiger partial charge on any atom is -0.471 e. The van der Waals surface area contributed by atoms with Gasteiger partial charge in [-0.15, -0.1) is 5.10 Å². The predicted octanol–water partition coefficient (Wildman–Crippen LogP) is 1.80. The second kappa shape index (κ2) is 4.68. The first kappa shape index (κ1) is 13.4. The Morgan fingerprint density at radius 1 is 1.65 bits per heavy atom. The minimum absolute atomic E-state index is 0. The smallest absolute Gasteiger partial charge is 0.257 e. The van der Waals surface area contributed by atoms with E-state index < -0.39 is 12.0 Å². The third kappa shape index (κ3) is 2.92. The number of carbonyl (C=O) groups excluding carboxylic acids is 1. The molecule has 1 aliphatic carbocycles. The molecule has 96 valence electrons. The molecule has 0 aromatic carbocycles. The van der Waals surface area contributed by atoms with E-state index in [1.54, 1.807) is 13.2 Å². The van der Waals surface area contributed by atoms with Crippen LogP contribution < -0.4 is 10.1 Å². The standard InChI is InChI=1S/C9H11F2N3O2.CH4/c1-14-4-7(12-5-15)8(13-14)16-6-2-9(10,11)3-6;/h4-6H,2-3H2,1H3,(H,12,15);1H4. The van der Waals surface area contributed by atoms with Gasteiger partial charge in [0.2, 0.25) is 6.41 Å². The molecular formula is C10H15F2N3O2. The van der Waals surface area contributed by atoms with Crippen LogP contribution in [0.2, 0.25) is 0 Å². The Bertz CT molecular complexity index is 398. The highest BCUT2D eigenvalue weighted by molar-refractivity contribution is 5.73. The van der Waals surface area contributed by atoms with Crippen molar-refractivity contribution in [3.63, 3.8) is 0 Å². The molecule has 1 N–H and O–H groups in total. The van der Waals surface area contributed by atoms with Crippen LogP contribution in [-0.4, -0.2) is 28.2 Å². The summed E-state index contributed by atoms with van der Waals surface area (Å²) in [6.07, 6.45) is 0.894. The lowest BCUT2D eigenvalue weighted by Gasteiger charge is -2.34. The van der Waals surface area contributed by atoms with Crippen molar-refractivity contribution in [2.24, 2.45) is 7.05 Å². The van der Waals surface area contributed by atoms with Gasteiger partial charge in [-0.05, 0) is 0 Å². The number of rotatable bonds is 4. The van der Waals surface area contributed by atoms with Crippen molar-refractivity contribution in [2.45, 2.75) is 32.3 Å². The molecule has 1 amide bonds. The van der Waals surface area contributed by atoms with E-state index in [0.717, 1.165) is 0 Å². The molecule has 0 spiro atoms. The van der Waals surface area contributed by atoms with Gasteiger partial charge in [-0.2, -0.15) is 0 Å². The molecule has 0 atom stereocenters. The summed E-state index contributed by atoms with van der Waals surface area (Å²) in [7, 11) is 1.65. The molecule has 1 aromatic rings.